The van der Waals surface area contributed by atoms with Crippen molar-refractivity contribution in [2.24, 2.45) is 0 Å². The highest BCUT2D eigenvalue weighted by Crippen LogP contribution is 2.39. The van der Waals surface area contributed by atoms with E-state index in [2.05, 4.69) is 35.1 Å². The topological polar surface area (TPSA) is 97.5 Å². The Morgan fingerprint density at radius 2 is 2.03 bits per heavy atom. The average molecular weight is 455 g/mol. The number of methoxy groups -OCH3 is 1. The number of benzene rings is 1. The Morgan fingerprint density at radius 1 is 1.21 bits per heavy atom. The lowest BCUT2D eigenvalue weighted by atomic mass is 10.0. The molecule has 9 nitrogen and oxygen atoms in total. The van der Waals surface area contributed by atoms with Crippen LogP contribution in [0.5, 0.6) is 0 Å². The number of hydrogen-bond acceptors (Lipinski definition) is 8. The minimum atomic E-state index is -4.62. The zero-order valence-corrected chi connectivity index (χ0v) is 17.2. The summed E-state index contributed by atoms with van der Waals surface area (Å²) in [5.41, 5.74) is 0.488. The second-order valence-electron chi connectivity index (χ2n) is 7.05. The molecule has 4 rings (SSSR count). The third-order valence-corrected chi connectivity index (χ3v) is 5.08. The summed E-state index contributed by atoms with van der Waals surface area (Å²) in [6.07, 6.45) is -2.80. The van der Waals surface area contributed by atoms with E-state index in [1.165, 1.54) is 31.6 Å². The first-order valence-electron chi connectivity index (χ1n) is 9.65. The van der Waals surface area contributed by atoms with Gasteiger partial charge in [-0.3, -0.25) is 0 Å². The molecule has 12 heteroatoms. The maximum Gasteiger partial charge on any atom is 0.407 e. The van der Waals surface area contributed by atoms with Crippen LogP contribution in [0, 0.1) is 6.57 Å². The lowest BCUT2D eigenvalue weighted by molar-refractivity contribution is -0.136. The fraction of sp³-hybridized carbons (Fsp3) is 0.238. The van der Waals surface area contributed by atoms with Crippen molar-refractivity contribution in [2.45, 2.75) is 19.1 Å². The molecular weight excluding hydrogens is 439 g/mol. The van der Waals surface area contributed by atoms with Crippen LogP contribution in [-0.4, -0.2) is 39.8 Å². The molecule has 33 heavy (non-hydrogen) atoms. The monoisotopic (exact) mass is 455 g/mol. The van der Waals surface area contributed by atoms with Gasteiger partial charge in [0.25, 0.3) is 0 Å². The number of aromatic nitrogens is 4. The molecule has 0 amide bonds. The Bertz CT molecular complexity index is 1240. The summed E-state index contributed by atoms with van der Waals surface area (Å²) in [5, 5.41) is 10.8. The Kier molecular flexibility index (Phi) is 5.78. The molecule has 1 N–H and O–H groups in total. The van der Waals surface area contributed by atoms with E-state index in [9.17, 15) is 18.0 Å². The smallest absolute Gasteiger partial charge is 0.407 e. The summed E-state index contributed by atoms with van der Waals surface area (Å²) < 4.78 is 44.6. The Balaban J connectivity index is 1.56. The van der Waals surface area contributed by atoms with Gasteiger partial charge in [-0.25, -0.2) is 19.6 Å². The Morgan fingerprint density at radius 3 is 2.70 bits per heavy atom. The second kappa shape index (κ2) is 8.70. The van der Waals surface area contributed by atoms with Crippen LogP contribution < -0.4 is 10.2 Å². The predicted octanol–water partition coefficient (Wildman–Crippen LogP) is 3.93. The van der Waals surface area contributed by atoms with Crippen LogP contribution in [0.3, 0.4) is 0 Å². The van der Waals surface area contributed by atoms with Crippen molar-refractivity contribution in [3.63, 3.8) is 0 Å². The highest BCUT2D eigenvalue weighted by atomic mass is 19.4. The summed E-state index contributed by atoms with van der Waals surface area (Å²) in [6, 6.07) is 6.70. The summed E-state index contributed by atoms with van der Waals surface area (Å²) >= 11 is 0. The lowest BCUT2D eigenvalue weighted by Gasteiger charge is -2.31. The van der Waals surface area contributed by atoms with Gasteiger partial charge in [-0.15, -0.1) is 10.2 Å². The summed E-state index contributed by atoms with van der Waals surface area (Å²) in [5.74, 6) is 0.251. The number of nitrogens with one attached hydrogen (secondary N) is 1. The van der Waals surface area contributed by atoms with Crippen molar-refractivity contribution in [1.29, 1.82) is 0 Å². The molecule has 0 unspecified atom stereocenters. The molecule has 0 spiro atoms. The van der Waals surface area contributed by atoms with Crippen molar-refractivity contribution in [1.82, 2.24) is 20.2 Å². The van der Waals surface area contributed by atoms with Crippen molar-refractivity contribution >= 4 is 29.0 Å². The summed E-state index contributed by atoms with van der Waals surface area (Å²) in [7, 11) is 1.25. The van der Waals surface area contributed by atoms with Crippen molar-refractivity contribution in [2.75, 3.05) is 23.9 Å². The molecule has 1 aliphatic rings. The minimum Gasteiger partial charge on any atom is -0.464 e. The second-order valence-corrected chi connectivity index (χ2v) is 7.05. The molecule has 168 valence electrons. The van der Waals surface area contributed by atoms with Crippen molar-refractivity contribution in [3.05, 3.63) is 70.6 Å². The standard InChI is InChI=1S/C21H16F3N7O2/c1-25-15-4-3-12(9-14(15)21(22,23)24)31-8-7-13-17(10-31)26-11-27-19(13)28-18-6-5-16(29-30-18)20(32)33-2/h3-6,9,11H,7-8,10H2,2H3,(H,26,27,28,30). The molecule has 0 atom stereocenters. The van der Waals surface area contributed by atoms with Crippen LogP contribution in [0.1, 0.15) is 27.3 Å². The van der Waals surface area contributed by atoms with Crippen LogP contribution in [0.15, 0.2) is 36.7 Å². The van der Waals surface area contributed by atoms with Gasteiger partial charge in [0.05, 0.1) is 31.5 Å². The van der Waals surface area contributed by atoms with Gasteiger partial charge in [0.15, 0.2) is 17.2 Å². The van der Waals surface area contributed by atoms with Crippen molar-refractivity contribution in [3.8, 4) is 0 Å². The number of esters is 1. The molecular formula is C21H16F3N7O2. The maximum atomic E-state index is 13.3. The first kappa shape index (κ1) is 21.9. The van der Waals surface area contributed by atoms with Gasteiger partial charge in [0, 0.05) is 17.8 Å². The third kappa shape index (κ3) is 4.52. The van der Waals surface area contributed by atoms with Crippen LogP contribution in [0.25, 0.3) is 4.85 Å². The van der Waals surface area contributed by atoms with E-state index in [-0.39, 0.29) is 12.2 Å². The molecule has 1 aromatic carbocycles. The molecule has 3 aromatic rings. The maximum absolute atomic E-state index is 13.3. The van der Waals surface area contributed by atoms with E-state index in [0.29, 0.717) is 36.0 Å². The zero-order valence-electron chi connectivity index (χ0n) is 17.2. The Hall–Kier alpha value is -4.27. The predicted molar refractivity (Wildman–Crippen MR) is 111 cm³/mol. The van der Waals surface area contributed by atoms with E-state index in [0.717, 1.165) is 11.6 Å². The van der Waals surface area contributed by atoms with Gasteiger partial charge in [0.2, 0.25) is 0 Å². The Labute approximate surface area is 186 Å². The van der Waals surface area contributed by atoms with E-state index < -0.39 is 23.4 Å². The molecule has 0 fully saturated rings. The highest BCUT2D eigenvalue weighted by molar-refractivity contribution is 5.87. The van der Waals surface area contributed by atoms with E-state index >= 15 is 0 Å². The number of carbonyl (C=O) groups excluding carboxylic acids is 1. The van der Waals surface area contributed by atoms with Crippen molar-refractivity contribution < 1.29 is 22.7 Å². The van der Waals surface area contributed by atoms with E-state index in [4.69, 9.17) is 6.57 Å². The fourth-order valence-corrected chi connectivity index (χ4v) is 3.46. The normalized spacial score (nSPS) is 13.1. The fourth-order valence-electron chi connectivity index (χ4n) is 3.46. The number of nitrogens with zero attached hydrogens (tertiary/aromatic N) is 6. The van der Waals surface area contributed by atoms with Crippen LogP contribution in [0.4, 0.5) is 36.2 Å². The molecule has 1 aliphatic heterocycles. The van der Waals surface area contributed by atoms with Gasteiger partial charge >= 0.3 is 12.1 Å². The zero-order chi connectivity index (χ0) is 23.6. The van der Waals surface area contributed by atoms with E-state index in [1.807, 2.05) is 0 Å². The number of fused-ring (bicyclic) bond motifs is 1. The minimum absolute atomic E-state index is 0.0610. The molecule has 2 aromatic heterocycles. The summed E-state index contributed by atoms with van der Waals surface area (Å²) in [4.78, 5) is 24.8. The molecule has 0 saturated heterocycles. The summed E-state index contributed by atoms with van der Waals surface area (Å²) in [6.45, 7) is 7.69. The largest absolute Gasteiger partial charge is 0.464 e. The molecule has 0 saturated carbocycles. The van der Waals surface area contributed by atoms with Gasteiger partial charge in [-0.05, 0) is 30.7 Å². The highest BCUT2D eigenvalue weighted by Gasteiger charge is 2.34. The van der Waals surface area contributed by atoms with Gasteiger partial charge < -0.3 is 15.0 Å². The number of carbonyl (C=O) groups is 1. The van der Waals surface area contributed by atoms with Crippen LogP contribution in [-0.2, 0) is 23.9 Å². The number of hydrogen-bond donors (Lipinski definition) is 1. The third-order valence-electron chi connectivity index (χ3n) is 5.08. The van der Waals surface area contributed by atoms with Crippen LogP contribution >= 0.6 is 0 Å². The molecule has 3 heterocycles. The SMILES string of the molecule is [C-]#[N+]c1ccc(N2CCc3c(ncnc3Nc3ccc(C(=O)OC)nn3)C2)cc1C(F)(F)F. The number of alkyl halides is 3. The van der Waals surface area contributed by atoms with Gasteiger partial charge in [-0.2, -0.15) is 13.2 Å². The lowest BCUT2D eigenvalue weighted by Crippen LogP contribution is -2.32. The first-order chi connectivity index (χ1) is 15.8. The van der Waals surface area contributed by atoms with Gasteiger partial charge in [-0.1, -0.05) is 6.07 Å². The quantitative estimate of drug-likeness (QED) is 0.467. The van der Waals surface area contributed by atoms with Crippen LogP contribution in [0.2, 0.25) is 0 Å². The molecule has 0 aliphatic carbocycles. The molecule has 0 bridgehead atoms. The average Bonchev–Trinajstić information content (AvgIpc) is 2.83. The number of halogens is 3. The number of anilines is 3. The van der Waals surface area contributed by atoms with E-state index in [1.54, 1.807) is 11.0 Å². The van der Waals surface area contributed by atoms with Gasteiger partial charge in [0.1, 0.15) is 12.1 Å². The first-order valence-corrected chi connectivity index (χ1v) is 9.65. The number of rotatable bonds is 4. The number of ether oxygens (including phenoxy) is 1. The molecule has 0 radical (unpaired) electrons.